The quantitative estimate of drug-likeness (QED) is 0.466. The van der Waals surface area contributed by atoms with Crippen LogP contribution in [0, 0.1) is 6.92 Å². The molecule has 0 amide bonds. The number of nitrogens with zero attached hydrogens (tertiary/aromatic N) is 2. The molecule has 29 heavy (non-hydrogen) atoms. The smallest absolute Gasteiger partial charge is 0.163 e. The number of aromatic nitrogens is 2. The van der Waals surface area contributed by atoms with Crippen molar-refractivity contribution in [3.63, 3.8) is 0 Å². The van der Waals surface area contributed by atoms with E-state index < -0.39 is 0 Å². The molecule has 4 nitrogen and oxygen atoms in total. The second-order valence-corrected chi connectivity index (χ2v) is 7.51. The molecule has 3 rings (SSSR count). The molecule has 0 unspecified atom stereocenters. The van der Waals surface area contributed by atoms with Crippen LogP contribution in [-0.2, 0) is 6.42 Å². The highest BCUT2D eigenvalue weighted by molar-refractivity contribution is 5.91. The summed E-state index contributed by atoms with van der Waals surface area (Å²) >= 11 is 0. The summed E-state index contributed by atoms with van der Waals surface area (Å²) in [7, 11) is 0. The third-order valence-electron chi connectivity index (χ3n) is 5.11. The number of unbranched alkanes of at least 4 members (excludes halogenated alkanes) is 2. The maximum Gasteiger partial charge on any atom is 0.163 e. The van der Waals surface area contributed by atoms with E-state index in [2.05, 4.69) is 23.5 Å². The molecule has 1 heterocycles. The van der Waals surface area contributed by atoms with Crippen molar-refractivity contribution in [2.24, 2.45) is 0 Å². The molecule has 0 bridgehead atoms. The molecule has 150 valence electrons. The minimum Gasteiger partial charge on any atom is -0.507 e. The van der Waals surface area contributed by atoms with Gasteiger partial charge in [-0.3, -0.25) is 0 Å². The summed E-state index contributed by atoms with van der Waals surface area (Å²) in [5.41, 5.74) is 5.38. The molecule has 4 heteroatoms. The van der Waals surface area contributed by atoms with Gasteiger partial charge in [-0.25, -0.2) is 9.97 Å². The number of benzene rings is 2. The first-order chi connectivity index (χ1) is 13.9. The topological polar surface area (TPSA) is 66.2 Å². The average molecular weight is 389 g/mol. The largest absolute Gasteiger partial charge is 0.507 e. The van der Waals surface area contributed by atoms with Crippen LogP contribution in [0.2, 0.25) is 0 Å². The second-order valence-electron chi connectivity index (χ2n) is 7.51. The van der Waals surface area contributed by atoms with Gasteiger partial charge < -0.3 is 10.2 Å². The summed E-state index contributed by atoms with van der Waals surface area (Å²) in [4.78, 5) is 8.74. The molecule has 0 saturated carbocycles. The number of rotatable bonds is 7. The van der Waals surface area contributed by atoms with Crippen LogP contribution in [0.5, 0.6) is 11.5 Å². The highest BCUT2D eigenvalue weighted by Crippen LogP contribution is 2.47. The lowest BCUT2D eigenvalue weighted by molar-refractivity contribution is 0.453. The van der Waals surface area contributed by atoms with Gasteiger partial charge in [0.15, 0.2) is 5.82 Å². The minimum absolute atomic E-state index is 0.01000. The van der Waals surface area contributed by atoms with E-state index >= 15 is 0 Å². The van der Waals surface area contributed by atoms with Crippen molar-refractivity contribution >= 4 is 5.57 Å². The standard InChI is InChI=1S/C25H28N2O2/c1-5-6-7-9-18-15-21(28)23(20-14-17(4)10-11-19(20)16(2)3)24(29)22(18)25-26-12-8-13-27-25/h8,10-15,28-29H,2,5-7,9H2,1,3-4H3. The normalized spacial score (nSPS) is 10.9. The first-order valence-electron chi connectivity index (χ1n) is 10.1. The SMILES string of the molecule is C=C(C)c1ccc(C)cc1-c1c(O)cc(CCCCC)c(-c2ncccn2)c1O. The molecule has 1 aromatic heterocycles. The summed E-state index contributed by atoms with van der Waals surface area (Å²) in [6.45, 7) is 10.1. The van der Waals surface area contributed by atoms with Crippen molar-refractivity contribution in [3.05, 3.63) is 66.0 Å². The minimum atomic E-state index is 0.01000. The van der Waals surface area contributed by atoms with E-state index in [0.717, 1.165) is 53.5 Å². The van der Waals surface area contributed by atoms with Gasteiger partial charge in [-0.05, 0) is 55.5 Å². The van der Waals surface area contributed by atoms with Crippen LogP contribution in [0.25, 0.3) is 28.1 Å². The molecule has 0 saturated heterocycles. The highest BCUT2D eigenvalue weighted by Gasteiger charge is 2.23. The Morgan fingerprint density at radius 1 is 1.03 bits per heavy atom. The maximum atomic E-state index is 11.3. The summed E-state index contributed by atoms with van der Waals surface area (Å²) in [6.07, 6.45) is 7.21. The van der Waals surface area contributed by atoms with E-state index in [0.29, 0.717) is 17.0 Å². The molecule has 0 aliphatic carbocycles. The zero-order chi connectivity index (χ0) is 21.0. The first-order valence-corrected chi connectivity index (χ1v) is 10.1. The number of hydrogen-bond acceptors (Lipinski definition) is 4. The van der Waals surface area contributed by atoms with Crippen LogP contribution in [-0.4, -0.2) is 20.2 Å². The van der Waals surface area contributed by atoms with E-state index in [-0.39, 0.29) is 11.5 Å². The van der Waals surface area contributed by atoms with Crippen molar-refractivity contribution in [1.82, 2.24) is 9.97 Å². The van der Waals surface area contributed by atoms with Crippen molar-refractivity contribution in [2.45, 2.75) is 46.5 Å². The summed E-state index contributed by atoms with van der Waals surface area (Å²) in [5, 5.41) is 22.3. The number of phenols is 2. The van der Waals surface area contributed by atoms with E-state index in [1.807, 2.05) is 32.0 Å². The fraction of sp³-hybridized carbons (Fsp3) is 0.280. The Morgan fingerprint density at radius 2 is 1.76 bits per heavy atom. The van der Waals surface area contributed by atoms with Gasteiger partial charge in [0, 0.05) is 12.4 Å². The van der Waals surface area contributed by atoms with Gasteiger partial charge in [-0.15, -0.1) is 0 Å². The van der Waals surface area contributed by atoms with Gasteiger partial charge in [0.2, 0.25) is 0 Å². The van der Waals surface area contributed by atoms with Gasteiger partial charge in [0.1, 0.15) is 11.5 Å². The number of hydrogen-bond donors (Lipinski definition) is 2. The Hall–Kier alpha value is -3.14. The third kappa shape index (κ3) is 4.32. The molecular formula is C25H28N2O2. The van der Waals surface area contributed by atoms with Crippen LogP contribution in [0.1, 0.15) is 49.8 Å². The zero-order valence-corrected chi connectivity index (χ0v) is 17.4. The highest BCUT2D eigenvalue weighted by atomic mass is 16.3. The summed E-state index contributed by atoms with van der Waals surface area (Å²) in [6, 6.07) is 9.44. The Labute approximate surface area is 172 Å². The lowest BCUT2D eigenvalue weighted by Crippen LogP contribution is -1.99. The Kier molecular flexibility index (Phi) is 6.32. The van der Waals surface area contributed by atoms with Crippen LogP contribution >= 0.6 is 0 Å². The monoisotopic (exact) mass is 388 g/mol. The number of allylic oxidation sites excluding steroid dienone is 1. The fourth-order valence-corrected chi connectivity index (χ4v) is 3.65. The van der Waals surface area contributed by atoms with Crippen molar-refractivity contribution < 1.29 is 10.2 Å². The van der Waals surface area contributed by atoms with E-state index in [4.69, 9.17) is 0 Å². The Bertz CT molecular complexity index is 1030. The predicted octanol–water partition coefficient (Wildman–Crippen LogP) is 6.30. The Balaban J connectivity index is 2.28. The summed E-state index contributed by atoms with van der Waals surface area (Å²) in [5.74, 6) is 0.528. The predicted molar refractivity (Wildman–Crippen MR) is 119 cm³/mol. The van der Waals surface area contributed by atoms with Gasteiger partial charge in [-0.1, -0.05) is 55.7 Å². The molecule has 0 spiro atoms. The fourth-order valence-electron chi connectivity index (χ4n) is 3.65. The summed E-state index contributed by atoms with van der Waals surface area (Å²) < 4.78 is 0. The second kappa shape index (κ2) is 8.91. The van der Waals surface area contributed by atoms with Crippen molar-refractivity contribution in [1.29, 1.82) is 0 Å². The van der Waals surface area contributed by atoms with Crippen LogP contribution < -0.4 is 0 Å². The molecule has 2 N–H and O–H groups in total. The maximum absolute atomic E-state index is 11.3. The lowest BCUT2D eigenvalue weighted by atomic mass is 9.89. The van der Waals surface area contributed by atoms with E-state index in [9.17, 15) is 10.2 Å². The molecule has 0 aliphatic heterocycles. The Morgan fingerprint density at radius 3 is 2.41 bits per heavy atom. The molecule has 0 fully saturated rings. The molecular weight excluding hydrogens is 360 g/mol. The number of aromatic hydroxyl groups is 2. The average Bonchev–Trinajstić information content (AvgIpc) is 2.68. The van der Waals surface area contributed by atoms with Crippen molar-refractivity contribution in [2.75, 3.05) is 0 Å². The first kappa shape index (κ1) is 20.6. The third-order valence-corrected chi connectivity index (χ3v) is 5.11. The molecule has 3 aromatic rings. The van der Waals surface area contributed by atoms with Gasteiger partial charge in [0.05, 0.1) is 11.1 Å². The molecule has 2 aromatic carbocycles. The van der Waals surface area contributed by atoms with Gasteiger partial charge >= 0.3 is 0 Å². The van der Waals surface area contributed by atoms with Crippen LogP contribution in [0.4, 0.5) is 0 Å². The van der Waals surface area contributed by atoms with E-state index in [1.165, 1.54) is 0 Å². The molecule has 0 aliphatic rings. The molecule has 0 atom stereocenters. The van der Waals surface area contributed by atoms with Crippen LogP contribution in [0.3, 0.4) is 0 Å². The number of aryl methyl sites for hydroxylation is 2. The lowest BCUT2D eigenvalue weighted by Gasteiger charge is -2.19. The van der Waals surface area contributed by atoms with Crippen LogP contribution in [0.15, 0.2) is 49.3 Å². The van der Waals surface area contributed by atoms with Gasteiger partial charge in [0.25, 0.3) is 0 Å². The number of phenolic OH excluding ortho intramolecular Hbond substituents is 2. The van der Waals surface area contributed by atoms with E-state index in [1.54, 1.807) is 24.5 Å². The van der Waals surface area contributed by atoms with Crippen molar-refractivity contribution in [3.8, 4) is 34.0 Å². The molecule has 0 radical (unpaired) electrons. The van der Waals surface area contributed by atoms with Gasteiger partial charge in [-0.2, -0.15) is 0 Å². The zero-order valence-electron chi connectivity index (χ0n) is 17.4.